The first-order valence-corrected chi connectivity index (χ1v) is 7.12. The van der Waals surface area contributed by atoms with Crippen LogP contribution in [0.25, 0.3) is 5.69 Å². The van der Waals surface area contributed by atoms with Crippen molar-refractivity contribution in [2.75, 3.05) is 13.2 Å². The van der Waals surface area contributed by atoms with Crippen LogP contribution >= 0.6 is 11.3 Å². The first-order chi connectivity index (χ1) is 10.2. The zero-order valence-electron chi connectivity index (χ0n) is 11.1. The third kappa shape index (κ3) is 3.94. The van der Waals surface area contributed by atoms with E-state index in [9.17, 15) is 9.59 Å². The molecule has 6 nitrogen and oxygen atoms in total. The number of carbonyl (C=O) groups excluding carboxylic acids is 2. The summed E-state index contributed by atoms with van der Waals surface area (Å²) in [5.41, 5.74) is 0.722. The lowest BCUT2D eigenvalue weighted by molar-refractivity contribution is -0.124. The monoisotopic (exact) mass is 303 g/mol. The molecule has 0 bridgehead atoms. The molecule has 0 saturated heterocycles. The summed E-state index contributed by atoms with van der Waals surface area (Å²) in [7, 11) is 0. The van der Waals surface area contributed by atoms with E-state index in [1.165, 1.54) is 11.3 Å². The number of hydrogen-bond donors (Lipinski definition) is 1. The predicted octanol–water partition coefficient (Wildman–Crippen LogP) is 1.73. The highest BCUT2D eigenvalue weighted by atomic mass is 32.1. The van der Waals surface area contributed by atoms with Crippen LogP contribution in [0.5, 0.6) is 0 Å². The molecule has 0 radical (unpaired) electrons. The van der Waals surface area contributed by atoms with Crippen molar-refractivity contribution in [1.29, 1.82) is 5.26 Å². The van der Waals surface area contributed by atoms with Crippen LogP contribution in [-0.4, -0.2) is 29.6 Å². The molecule has 1 N–H and O–H groups in total. The SMILES string of the molecule is N#CCCNC(=O)COC(=O)c1sccc1-n1cccc1. The number of amides is 1. The van der Waals surface area contributed by atoms with Crippen molar-refractivity contribution in [2.45, 2.75) is 6.42 Å². The lowest BCUT2D eigenvalue weighted by atomic mass is 10.4. The lowest BCUT2D eigenvalue weighted by Crippen LogP contribution is -2.29. The summed E-state index contributed by atoms with van der Waals surface area (Å²) in [6, 6.07) is 7.44. The lowest BCUT2D eigenvalue weighted by Gasteiger charge is -2.06. The van der Waals surface area contributed by atoms with Gasteiger partial charge in [0.2, 0.25) is 0 Å². The molecule has 2 aromatic heterocycles. The summed E-state index contributed by atoms with van der Waals surface area (Å²) >= 11 is 1.26. The number of carbonyl (C=O) groups is 2. The van der Waals surface area contributed by atoms with E-state index in [2.05, 4.69) is 5.32 Å². The fourth-order valence-electron chi connectivity index (χ4n) is 1.66. The fraction of sp³-hybridized carbons (Fsp3) is 0.214. The molecule has 0 saturated carbocycles. The second-order valence-corrected chi connectivity index (χ2v) is 4.98. The van der Waals surface area contributed by atoms with Crippen molar-refractivity contribution in [1.82, 2.24) is 9.88 Å². The molecule has 0 aliphatic rings. The summed E-state index contributed by atoms with van der Waals surface area (Å²) in [5, 5.41) is 12.6. The largest absolute Gasteiger partial charge is 0.451 e. The van der Waals surface area contributed by atoms with Gasteiger partial charge in [-0.2, -0.15) is 5.26 Å². The molecule has 0 atom stereocenters. The van der Waals surface area contributed by atoms with Crippen molar-refractivity contribution in [3.63, 3.8) is 0 Å². The molecular weight excluding hydrogens is 290 g/mol. The van der Waals surface area contributed by atoms with Crippen molar-refractivity contribution in [2.24, 2.45) is 0 Å². The molecule has 0 aromatic carbocycles. The summed E-state index contributed by atoms with van der Waals surface area (Å²) in [6.45, 7) is -0.103. The van der Waals surface area contributed by atoms with Gasteiger partial charge in [-0.3, -0.25) is 4.79 Å². The van der Waals surface area contributed by atoms with E-state index in [1.807, 2.05) is 36.7 Å². The van der Waals surface area contributed by atoms with Gasteiger partial charge >= 0.3 is 5.97 Å². The van der Waals surface area contributed by atoms with Crippen LogP contribution in [0.3, 0.4) is 0 Å². The number of hydrogen-bond acceptors (Lipinski definition) is 5. The number of nitrogens with one attached hydrogen (secondary N) is 1. The van der Waals surface area contributed by atoms with E-state index in [-0.39, 0.29) is 19.6 Å². The van der Waals surface area contributed by atoms with Gasteiger partial charge in [0.15, 0.2) is 6.61 Å². The Morgan fingerprint density at radius 1 is 1.38 bits per heavy atom. The molecule has 7 heteroatoms. The Bertz CT molecular complexity index is 655. The van der Waals surface area contributed by atoms with Gasteiger partial charge in [0, 0.05) is 18.9 Å². The molecule has 21 heavy (non-hydrogen) atoms. The maximum Gasteiger partial charge on any atom is 0.350 e. The summed E-state index contributed by atoms with van der Waals surface area (Å²) in [5.74, 6) is -0.957. The van der Waals surface area contributed by atoms with Crippen LogP contribution in [-0.2, 0) is 9.53 Å². The highest BCUT2D eigenvalue weighted by molar-refractivity contribution is 7.12. The zero-order chi connectivity index (χ0) is 15.1. The number of rotatable bonds is 6. The summed E-state index contributed by atoms with van der Waals surface area (Å²) in [4.78, 5) is 23.8. The Balaban J connectivity index is 1.92. The molecule has 1 amide bonds. The Kier molecular flexibility index (Phi) is 5.12. The van der Waals surface area contributed by atoms with Crippen LogP contribution in [0.2, 0.25) is 0 Å². The highest BCUT2D eigenvalue weighted by Gasteiger charge is 2.16. The molecule has 0 fully saturated rings. The van der Waals surface area contributed by atoms with Crippen LogP contribution in [0.1, 0.15) is 16.1 Å². The maximum atomic E-state index is 12.0. The second kappa shape index (κ2) is 7.26. The number of ether oxygens (including phenoxy) is 1. The molecule has 0 aliphatic heterocycles. The summed E-state index contributed by atoms with van der Waals surface area (Å²) < 4.78 is 6.79. The van der Waals surface area contributed by atoms with Gasteiger partial charge in [0.25, 0.3) is 5.91 Å². The van der Waals surface area contributed by atoms with E-state index < -0.39 is 11.9 Å². The fourth-order valence-corrected chi connectivity index (χ4v) is 2.44. The van der Waals surface area contributed by atoms with Crippen LogP contribution in [0.4, 0.5) is 0 Å². The minimum absolute atomic E-state index is 0.225. The first-order valence-electron chi connectivity index (χ1n) is 6.24. The van der Waals surface area contributed by atoms with Gasteiger partial charge in [0.1, 0.15) is 4.88 Å². The Hall–Kier alpha value is -2.59. The molecule has 108 valence electrons. The van der Waals surface area contributed by atoms with Crippen molar-refractivity contribution in [3.8, 4) is 11.8 Å². The Morgan fingerprint density at radius 2 is 2.14 bits per heavy atom. The van der Waals surface area contributed by atoms with Gasteiger partial charge in [-0.15, -0.1) is 11.3 Å². The third-order valence-electron chi connectivity index (χ3n) is 2.61. The van der Waals surface area contributed by atoms with E-state index in [0.717, 1.165) is 5.69 Å². The minimum Gasteiger partial charge on any atom is -0.451 e. The minimum atomic E-state index is -0.538. The van der Waals surface area contributed by atoms with Crippen molar-refractivity contribution >= 4 is 23.2 Å². The van der Waals surface area contributed by atoms with Crippen LogP contribution < -0.4 is 5.32 Å². The number of thiophene rings is 1. The third-order valence-corrected chi connectivity index (χ3v) is 3.49. The molecule has 2 aromatic rings. The van der Waals surface area contributed by atoms with Gasteiger partial charge in [0.05, 0.1) is 18.2 Å². The zero-order valence-corrected chi connectivity index (χ0v) is 11.9. The second-order valence-electron chi connectivity index (χ2n) is 4.06. The van der Waals surface area contributed by atoms with E-state index >= 15 is 0 Å². The molecule has 2 heterocycles. The normalized spacial score (nSPS) is 9.86. The van der Waals surface area contributed by atoms with Crippen molar-refractivity contribution in [3.05, 3.63) is 40.8 Å². The Morgan fingerprint density at radius 3 is 2.86 bits per heavy atom. The van der Waals surface area contributed by atoms with Crippen molar-refractivity contribution < 1.29 is 14.3 Å². The highest BCUT2D eigenvalue weighted by Crippen LogP contribution is 2.22. The van der Waals surface area contributed by atoms with E-state index in [0.29, 0.717) is 4.88 Å². The maximum absolute atomic E-state index is 12.0. The average Bonchev–Trinajstić information content (AvgIpc) is 3.14. The van der Waals surface area contributed by atoms with Gasteiger partial charge < -0.3 is 14.6 Å². The molecular formula is C14H13N3O3S. The van der Waals surface area contributed by atoms with Crippen LogP contribution in [0, 0.1) is 11.3 Å². The topological polar surface area (TPSA) is 84.1 Å². The molecule has 0 unspecified atom stereocenters. The number of aromatic nitrogens is 1. The van der Waals surface area contributed by atoms with Gasteiger partial charge in [-0.05, 0) is 23.6 Å². The Labute approximate surface area is 125 Å². The standard InChI is InChI=1S/C14H13N3O3S/c15-5-3-6-16-12(18)10-20-14(19)13-11(4-9-21-13)17-7-1-2-8-17/h1-2,4,7-9H,3,6,10H2,(H,16,18). The number of nitrogens with zero attached hydrogens (tertiary/aromatic N) is 2. The van der Waals surface area contributed by atoms with Gasteiger partial charge in [-0.25, -0.2) is 4.79 Å². The quantitative estimate of drug-likeness (QED) is 0.650. The van der Waals surface area contributed by atoms with E-state index in [1.54, 1.807) is 9.95 Å². The molecule has 0 aliphatic carbocycles. The molecule has 2 rings (SSSR count). The number of esters is 1. The predicted molar refractivity (Wildman–Crippen MR) is 77.2 cm³/mol. The first kappa shape index (κ1) is 14.8. The summed E-state index contributed by atoms with van der Waals surface area (Å²) in [6.07, 6.45) is 3.88. The van der Waals surface area contributed by atoms with Crippen LogP contribution in [0.15, 0.2) is 36.0 Å². The average molecular weight is 303 g/mol. The van der Waals surface area contributed by atoms with Gasteiger partial charge in [-0.1, -0.05) is 0 Å². The smallest absolute Gasteiger partial charge is 0.350 e. The number of nitriles is 1. The van der Waals surface area contributed by atoms with E-state index in [4.69, 9.17) is 10.00 Å². The molecule has 0 spiro atoms.